The first-order valence-electron chi connectivity index (χ1n) is 13.0. The van der Waals surface area contributed by atoms with Crippen LogP contribution in [0, 0.1) is 11.8 Å². The van der Waals surface area contributed by atoms with E-state index in [2.05, 4.69) is 59.9 Å². The fourth-order valence-electron chi connectivity index (χ4n) is 5.02. The zero-order valence-electron chi connectivity index (χ0n) is 21.7. The van der Waals surface area contributed by atoms with Crippen molar-refractivity contribution in [3.05, 3.63) is 71.8 Å². The Labute approximate surface area is 210 Å². The standard InChI is InChI=1S/C30H41NO4/c1-22-26(21-24-15-9-6-10-16-24)25(18-11-17-23-13-7-5-8-14-23)19-12-20-27(28(32)34-22)31-29(33)35-30(2,3)4/h5-10,13-16,22,25-27H,11-12,17-21H2,1-4H3,(H,31,33). The Kier molecular flexibility index (Phi) is 9.76. The summed E-state index contributed by atoms with van der Waals surface area (Å²) in [5.41, 5.74) is 2.00. The van der Waals surface area contributed by atoms with Crippen molar-refractivity contribution in [1.29, 1.82) is 0 Å². The van der Waals surface area contributed by atoms with Gasteiger partial charge >= 0.3 is 12.1 Å². The predicted molar refractivity (Wildman–Crippen MR) is 139 cm³/mol. The van der Waals surface area contributed by atoms with E-state index in [1.165, 1.54) is 11.1 Å². The molecule has 35 heavy (non-hydrogen) atoms. The highest BCUT2D eigenvalue weighted by Gasteiger charge is 2.34. The molecule has 1 N–H and O–H groups in total. The lowest BCUT2D eigenvalue weighted by Gasteiger charge is -2.31. The smallest absolute Gasteiger partial charge is 0.408 e. The van der Waals surface area contributed by atoms with Gasteiger partial charge in [0, 0.05) is 5.92 Å². The number of hydrogen-bond donors (Lipinski definition) is 1. The molecule has 3 rings (SSSR count). The van der Waals surface area contributed by atoms with E-state index in [1.54, 1.807) is 0 Å². The Morgan fingerprint density at radius 3 is 2.26 bits per heavy atom. The van der Waals surface area contributed by atoms with E-state index in [-0.39, 0.29) is 18.0 Å². The lowest BCUT2D eigenvalue weighted by Crippen LogP contribution is -2.45. The minimum Gasteiger partial charge on any atom is -0.461 e. The van der Waals surface area contributed by atoms with Crippen LogP contribution in [0.5, 0.6) is 0 Å². The lowest BCUT2D eigenvalue weighted by molar-refractivity contribution is -0.154. The maximum atomic E-state index is 13.0. The molecule has 190 valence electrons. The van der Waals surface area contributed by atoms with Crippen LogP contribution in [0.3, 0.4) is 0 Å². The fourth-order valence-corrected chi connectivity index (χ4v) is 5.02. The minimum atomic E-state index is -0.687. The molecular formula is C30H41NO4. The number of alkyl carbamates (subject to hydrolysis) is 1. The Morgan fingerprint density at radius 2 is 1.63 bits per heavy atom. The normalized spacial score (nSPS) is 23.4. The second-order valence-corrected chi connectivity index (χ2v) is 10.8. The zero-order chi connectivity index (χ0) is 25.3. The molecule has 0 bridgehead atoms. The average molecular weight is 480 g/mol. The Bertz CT molecular complexity index is 922. The van der Waals surface area contributed by atoms with Gasteiger partial charge in [-0.3, -0.25) is 0 Å². The maximum Gasteiger partial charge on any atom is 0.408 e. The SMILES string of the molecule is CC1OC(=O)C(NC(=O)OC(C)(C)C)CCCC(CCCc2ccccc2)C1Cc1ccccc1. The molecule has 2 aromatic rings. The van der Waals surface area contributed by atoms with Gasteiger partial charge in [0.25, 0.3) is 0 Å². The van der Waals surface area contributed by atoms with E-state index >= 15 is 0 Å². The zero-order valence-corrected chi connectivity index (χ0v) is 21.7. The van der Waals surface area contributed by atoms with Gasteiger partial charge in [-0.25, -0.2) is 9.59 Å². The third-order valence-corrected chi connectivity index (χ3v) is 6.75. The molecule has 1 aliphatic rings. The number of carbonyl (C=O) groups is 2. The van der Waals surface area contributed by atoms with E-state index in [4.69, 9.17) is 9.47 Å². The first-order chi connectivity index (χ1) is 16.7. The van der Waals surface area contributed by atoms with Crippen LogP contribution in [0.15, 0.2) is 60.7 Å². The summed E-state index contributed by atoms with van der Waals surface area (Å²) in [6, 6.07) is 20.4. The fraction of sp³-hybridized carbons (Fsp3) is 0.533. The number of benzene rings is 2. The largest absolute Gasteiger partial charge is 0.461 e. The molecule has 0 radical (unpaired) electrons. The van der Waals surface area contributed by atoms with E-state index in [0.29, 0.717) is 12.3 Å². The van der Waals surface area contributed by atoms with E-state index < -0.39 is 17.7 Å². The summed E-state index contributed by atoms with van der Waals surface area (Å²) in [7, 11) is 0. The number of aryl methyl sites for hydroxylation is 1. The van der Waals surface area contributed by atoms with Gasteiger partial charge in [-0.2, -0.15) is 0 Å². The molecule has 2 aromatic carbocycles. The van der Waals surface area contributed by atoms with Crippen LogP contribution in [0.4, 0.5) is 4.79 Å². The summed E-state index contributed by atoms with van der Waals surface area (Å²) in [4.78, 5) is 25.4. The molecule has 0 aromatic heterocycles. The van der Waals surface area contributed by atoms with Gasteiger partial charge in [0.05, 0.1) is 0 Å². The molecule has 5 heteroatoms. The van der Waals surface area contributed by atoms with Crippen molar-refractivity contribution < 1.29 is 19.1 Å². The number of carbonyl (C=O) groups excluding carboxylic acids is 2. The third kappa shape index (κ3) is 9.04. The Balaban J connectivity index is 1.72. The number of amides is 1. The van der Waals surface area contributed by atoms with Crippen molar-refractivity contribution in [1.82, 2.24) is 5.32 Å². The molecule has 1 saturated heterocycles. The second kappa shape index (κ2) is 12.8. The molecule has 4 atom stereocenters. The number of ether oxygens (including phenoxy) is 2. The van der Waals surface area contributed by atoms with Crippen molar-refractivity contribution in [3.8, 4) is 0 Å². The minimum absolute atomic E-state index is 0.220. The number of cyclic esters (lactones) is 1. The molecule has 0 aliphatic carbocycles. The summed E-state index contributed by atoms with van der Waals surface area (Å²) in [6.07, 6.45) is 5.68. The van der Waals surface area contributed by atoms with Crippen molar-refractivity contribution in [2.24, 2.45) is 11.8 Å². The van der Waals surface area contributed by atoms with Crippen LogP contribution in [0.1, 0.15) is 70.9 Å². The lowest BCUT2D eigenvalue weighted by atomic mass is 9.77. The van der Waals surface area contributed by atoms with Crippen LogP contribution in [-0.2, 0) is 27.1 Å². The first-order valence-corrected chi connectivity index (χ1v) is 13.0. The van der Waals surface area contributed by atoms with Crippen LogP contribution in [0.25, 0.3) is 0 Å². The predicted octanol–water partition coefficient (Wildman–Crippen LogP) is 6.49. The molecule has 1 aliphatic heterocycles. The highest BCUT2D eigenvalue weighted by molar-refractivity contribution is 5.81. The summed E-state index contributed by atoms with van der Waals surface area (Å²) in [6.45, 7) is 7.44. The number of nitrogens with one attached hydrogen (secondary N) is 1. The van der Waals surface area contributed by atoms with Crippen molar-refractivity contribution in [2.75, 3.05) is 0 Å². The molecule has 1 fully saturated rings. The van der Waals surface area contributed by atoms with E-state index in [1.807, 2.05) is 33.8 Å². The van der Waals surface area contributed by atoms with Crippen LogP contribution >= 0.6 is 0 Å². The van der Waals surface area contributed by atoms with Gasteiger partial charge in [-0.05, 0) is 83.3 Å². The topological polar surface area (TPSA) is 64.6 Å². The van der Waals surface area contributed by atoms with Crippen molar-refractivity contribution in [3.63, 3.8) is 0 Å². The number of esters is 1. The van der Waals surface area contributed by atoms with Crippen molar-refractivity contribution >= 4 is 12.1 Å². The molecule has 0 spiro atoms. The van der Waals surface area contributed by atoms with Gasteiger partial charge in [0.2, 0.25) is 0 Å². The van der Waals surface area contributed by atoms with Gasteiger partial charge in [-0.15, -0.1) is 0 Å². The maximum absolute atomic E-state index is 13.0. The monoisotopic (exact) mass is 479 g/mol. The second-order valence-electron chi connectivity index (χ2n) is 10.8. The highest BCUT2D eigenvalue weighted by Crippen LogP contribution is 2.33. The summed E-state index contributed by atoms with van der Waals surface area (Å²) >= 11 is 0. The summed E-state index contributed by atoms with van der Waals surface area (Å²) < 4.78 is 11.4. The van der Waals surface area contributed by atoms with E-state index in [0.717, 1.165) is 38.5 Å². The molecule has 0 saturated carbocycles. The third-order valence-electron chi connectivity index (χ3n) is 6.75. The number of rotatable bonds is 7. The molecule has 1 heterocycles. The van der Waals surface area contributed by atoms with Gasteiger partial charge in [0.1, 0.15) is 17.7 Å². The molecule has 1 amide bonds. The molecule has 4 unspecified atom stereocenters. The van der Waals surface area contributed by atoms with Gasteiger partial charge in [-0.1, -0.05) is 67.1 Å². The van der Waals surface area contributed by atoms with Crippen LogP contribution in [0.2, 0.25) is 0 Å². The molecular weight excluding hydrogens is 438 g/mol. The Hall–Kier alpha value is -2.82. The quantitative estimate of drug-likeness (QED) is 0.461. The molecule has 5 nitrogen and oxygen atoms in total. The highest BCUT2D eigenvalue weighted by atomic mass is 16.6. The van der Waals surface area contributed by atoms with Crippen molar-refractivity contribution in [2.45, 2.75) is 90.4 Å². The van der Waals surface area contributed by atoms with Gasteiger partial charge in [0.15, 0.2) is 0 Å². The Morgan fingerprint density at radius 1 is 1.00 bits per heavy atom. The van der Waals surface area contributed by atoms with Crippen LogP contribution < -0.4 is 5.32 Å². The number of hydrogen-bond acceptors (Lipinski definition) is 4. The van der Waals surface area contributed by atoms with E-state index in [9.17, 15) is 9.59 Å². The van der Waals surface area contributed by atoms with Crippen LogP contribution in [-0.4, -0.2) is 29.8 Å². The summed E-state index contributed by atoms with van der Waals surface area (Å²) in [5.74, 6) is 0.283. The average Bonchev–Trinajstić information content (AvgIpc) is 2.85. The van der Waals surface area contributed by atoms with Gasteiger partial charge < -0.3 is 14.8 Å². The first kappa shape index (κ1) is 26.8. The summed E-state index contributed by atoms with van der Waals surface area (Å²) in [5, 5.41) is 2.75.